The average molecular weight is 493 g/mol. The first-order valence-corrected chi connectivity index (χ1v) is 14.3. The molecule has 0 saturated heterocycles. The zero-order chi connectivity index (χ0) is 24.9. The predicted octanol–water partition coefficient (Wildman–Crippen LogP) is 5.28. The molecular weight excluding hydrogens is 455 g/mol. The molecule has 0 fully saturated rings. The van der Waals surface area contributed by atoms with Gasteiger partial charge in [-0.3, -0.25) is 0 Å². The van der Waals surface area contributed by atoms with Crippen LogP contribution in [0.2, 0.25) is 0 Å². The Labute approximate surface area is 210 Å². The lowest BCUT2D eigenvalue weighted by Crippen LogP contribution is -2.29. The lowest BCUT2D eigenvalue weighted by Gasteiger charge is -2.28. The second kappa shape index (κ2) is 14.0. The fraction of sp³-hybridized carbons (Fsp3) is 0.333. The topological polar surface area (TPSA) is 44.8 Å². The predicted molar refractivity (Wildman–Crippen MR) is 148 cm³/mol. The van der Waals surface area contributed by atoms with Crippen LogP contribution in [0.25, 0.3) is 0 Å². The molecule has 1 unspecified atom stereocenters. The molecule has 0 aromatic heterocycles. The Morgan fingerprint density at radius 3 is 1.57 bits per heavy atom. The van der Waals surface area contributed by atoms with Crippen molar-refractivity contribution in [1.82, 2.24) is 0 Å². The first-order chi connectivity index (χ1) is 17.1. The van der Waals surface area contributed by atoms with Crippen LogP contribution in [-0.2, 0) is 19.0 Å². The molecule has 0 aliphatic heterocycles. The van der Waals surface area contributed by atoms with E-state index in [0.717, 1.165) is 35.2 Å². The van der Waals surface area contributed by atoms with Crippen molar-refractivity contribution in [3.8, 4) is 0 Å². The molecule has 0 amide bonds. The summed E-state index contributed by atoms with van der Waals surface area (Å²) in [7, 11) is 0. The van der Waals surface area contributed by atoms with Gasteiger partial charge in [-0.2, -0.15) is 0 Å². The number of carbonyl (C=O) groups is 1. The van der Waals surface area contributed by atoms with Crippen molar-refractivity contribution in [3.05, 3.63) is 91.0 Å². The first kappa shape index (κ1) is 26.9. The average Bonchev–Trinajstić information content (AvgIpc) is 2.89. The molecule has 35 heavy (non-hydrogen) atoms. The standard InChI is InChI=1S/C30H37O4P/c1-4-32-30(33-5-2)23-15-16-25(3)34-29(31)24-35(26-17-9-6-10-18-26,27-19-11-7-12-20-27)28-21-13-8-14-22-28/h6-14,17-22,24-25,30H,4-5,15-16,23H2,1-3H3. The van der Waals surface area contributed by atoms with Gasteiger partial charge in [0.1, 0.15) is 0 Å². The maximum atomic E-state index is 13.4. The Balaban J connectivity index is 1.89. The van der Waals surface area contributed by atoms with E-state index in [4.69, 9.17) is 14.2 Å². The van der Waals surface area contributed by atoms with Crippen molar-refractivity contribution in [1.29, 1.82) is 0 Å². The third-order valence-corrected chi connectivity index (χ3v) is 9.80. The summed E-state index contributed by atoms with van der Waals surface area (Å²) in [5.41, 5.74) is 0. The molecule has 0 saturated carbocycles. The van der Waals surface area contributed by atoms with Crippen molar-refractivity contribution < 1.29 is 19.0 Å². The summed E-state index contributed by atoms with van der Waals surface area (Å²) < 4.78 is 17.2. The molecule has 0 aliphatic carbocycles. The maximum Gasteiger partial charge on any atom is 0.332 e. The largest absolute Gasteiger partial charge is 0.459 e. The van der Waals surface area contributed by atoms with E-state index in [-0.39, 0.29) is 18.4 Å². The van der Waals surface area contributed by atoms with Crippen LogP contribution >= 0.6 is 6.89 Å². The van der Waals surface area contributed by atoms with Crippen molar-refractivity contribution in [3.63, 3.8) is 0 Å². The van der Waals surface area contributed by atoms with Gasteiger partial charge < -0.3 is 14.2 Å². The number of hydrogen-bond donors (Lipinski definition) is 0. The van der Waals surface area contributed by atoms with Gasteiger partial charge in [0.2, 0.25) is 0 Å². The number of esters is 1. The molecule has 0 aliphatic rings. The zero-order valence-corrected chi connectivity index (χ0v) is 21.9. The summed E-state index contributed by atoms with van der Waals surface area (Å²) in [6.07, 6.45) is 1.99. The molecule has 0 N–H and O–H groups in total. The second-order valence-corrected chi connectivity index (χ2v) is 11.6. The Bertz CT molecular complexity index is 958. The fourth-order valence-electron chi connectivity index (χ4n) is 4.26. The van der Waals surface area contributed by atoms with Crippen LogP contribution in [-0.4, -0.2) is 37.4 Å². The minimum absolute atomic E-state index is 0.202. The number of rotatable bonds is 13. The number of carbonyl (C=O) groups excluding carboxylic acids is 1. The van der Waals surface area contributed by atoms with Gasteiger partial charge in [-0.1, -0.05) is 91.0 Å². The lowest BCUT2D eigenvalue weighted by molar-refractivity contribution is -0.143. The van der Waals surface area contributed by atoms with E-state index >= 15 is 0 Å². The van der Waals surface area contributed by atoms with Crippen molar-refractivity contribution in [2.24, 2.45) is 0 Å². The first-order valence-electron chi connectivity index (χ1n) is 12.5. The SMILES string of the molecule is CCOC(CCCC(C)OC(=O)C=P(c1ccccc1)(c1ccccc1)c1ccccc1)OCC. The summed E-state index contributed by atoms with van der Waals surface area (Å²) in [5, 5.41) is 3.37. The highest BCUT2D eigenvalue weighted by Gasteiger charge is 2.27. The van der Waals surface area contributed by atoms with Crippen LogP contribution in [0.5, 0.6) is 0 Å². The van der Waals surface area contributed by atoms with Crippen LogP contribution < -0.4 is 15.9 Å². The quantitative estimate of drug-likeness (QED) is 0.185. The normalized spacial score (nSPS) is 12.3. The van der Waals surface area contributed by atoms with Gasteiger partial charge in [-0.25, -0.2) is 4.79 Å². The lowest BCUT2D eigenvalue weighted by atomic mass is 10.1. The van der Waals surface area contributed by atoms with E-state index in [1.54, 1.807) is 0 Å². The molecule has 3 aromatic carbocycles. The molecule has 4 nitrogen and oxygen atoms in total. The molecular formula is C30H37O4P. The van der Waals surface area contributed by atoms with E-state index in [2.05, 4.69) is 36.4 Å². The van der Waals surface area contributed by atoms with Crippen LogP contribution in [0.3, 0.4) is 0 Å². The Kier molecular flexibility index (Phi) is 10.8. The summed E-state index contributed by atoms with van der Waals surface area (Å²) in [5.74, 6) is 1.56. The van der Waals surface area contributed by atoms with Gasteiger partial charge in [0.05, 0.1) is 6.10 Å². The van der Waals surface area contributed by atoms with Gasteiger partial charge in [-0.15, -0.1) is 0 Å². The Morgan fingerprint density at radius 1 is 0.743 bits per heavy atom. The van der Waals surface area contributed by atoms with Gasteiger partial charge in [0, 0.05) is 19.0 Å². The molecule has 3 rings (SSSR count). The summed E-state index contributed by atoms with van der Waals surface area (Å²) in [6, 6.07) is 30.9. The highest BCUT2D eigenvalue weighted by Crippen LogP contribution is 2.43. The third-order valence-electron chi connectivity index (χ3n) is 5.86. The fourth-order valence-corrected chi connectivity index (χ4v) is 7.91. The Hall–Kier alpha value is -2.65. The van der Waals surface area contributed by atoms with E-state index in [1.807, 2.05) is 81.2 Å². The van der Waals surface area contributed by atoms with Crippen molar-refractivity contribution >= 4 is 34.6 Å². The smallest absolute Gasteiger partial charge is 0.332 e. The van der Waals surface area contributed by atoms with E-state index < -0.39 is 6.89 Å². The molecule has 0 spiro atoms. The molecule has 186 valence electrons. The number of hydrogen-bond acceptors (Lipinski definition) is 4. The van der Waals surface area contributed by atoms with Gasteiger partial charge in [0.25, 0.3) is 0 Å². The zero-order valence-electron chi connectivity index (χ0n) is 21.0. The molecule has 0 radical (unpaired) electrons. The highest BCUT2D eigenvalue weighted by atomic mass is 31.2. The van der Waals surface area contributed by atoms with E-state index in [1.165, 1.54) is 0 Å². The third kappa shape index (κ3) is 7.41. The van der Waals surface area contributed by atoms with Gasteiger partial charge >= 0.3 is 5.97 Å². The van der Waals surface area contributed by atoms with Crippen LogP contribution in [0.15, 0.2) is 91.0 Å². The minimum atomic E-state index is -2.36. The number of ether oxygens (including phenoxy) is 3. The minimum Gasteiger partial charge on any atom is -0.459 e. The number of benzene rings is 3. The molecule has 3 aromatic rings. The molecule has 0 heterocycles. The summed E-state index contributed by atoms with van der Waals surface area (Å²) in [6.45, 7) is 4.76. The molecule has 0 bridgehead atoms. The van der Waals surface area contributed by atoms with Crippen molar-refractivity contribution in [2.45, 2.75) is 52.4 Å². The van der Waals surface area contributed by atoms with Crippen molar-refractivity contribution in [2.75, 3.05) is 13.2 Å². The second-order valence-electron chi connectivity index (χ2n) is 8.38. The monoisotopic (exact) mass is 492 g/mol. The van der Waals surface area contributed by atoms with Gasteiger partial charge in [-0.05, 0) is 62.8 Å². The van der Waals surface area contributed by atoms with Gasteiger partial charge in [0.15, 0.2) is 6.29 Å². The van der Waals surface area contributed by atoms with E-state index in [0.29, 0.717) is 13.2 Å². The highest BCUT2D eigenvalue weighted by molar-refractivity contribution is 7.95. The van der Waals surface area contributed by atoms with E-state index in [9.17, 15) is 4.79 Å². The molecule has 1 atom stereocenters. The maximum absolute atomic E-state index is 13.4. The Morgan fingerprint density at radius 2 is 1.17 bits per heavy atom. The summed E-state index contributed by atoms with van der Waals surface area (Å²) >= 11 is 0. The van der Waals surface area contributed by atoms with Crippen LogP contribution in [0, 0.1) is 0 Å². The summed E-state index contributed by atoms with van der Waals surface area (Å²) in [4.78, 5) is 13.4. The van der Waals surface area contributed by atoms with Crippen LogP contribution in [0.4, 0.5) is 0 Å². The molecule has 5 heteroatoms. The van der Waals surface area contributed by atoms with Crippen LogP contribution in [0.1, 0.15) is 40.0 Å².